The van der Waals surface area contributed by atoms with Crippen molar-refractivity contribution in [1.29, 1.82) is 0 Å². The number of hydrogen-bond donors (Lipinski definition) is 2. The number of rotatable bonds is 1. The number of nitrogens with one attached hydrogen (secondary N) is 2. The maximum atomic E-state index is 11.6. The molecule has 0 saturated carbocycles. The molecule has 0 atom stereocenters. The lowest BCUT2D eigenvalue weighted by molar-refractivity contribution is 0.0603. The summed E-state index contributed by atoms with van der Waals surface area (Å²) in [5.41, 5.74) is -0.798. The molecule has 1 heterocycles. The van der Waals surface area contributed by atoms with Gasteiger partial charge in [-0.05, 0) is 12.1 Å². The lowest BCUT2D eigenvalue weighted by Gasteiger charge is -2.02. The highest BCUT2D eigenvalue weighted by atomic mass is 16.5. The molecule has 0 aliphatic rings. The second-order valence-electron chi connectivity index (χ2n) is 3.13. The maximum Gasteiger partial charge on any atom is 0.338 e. The predicted molar refractivity (Wildman–Crippen MR) is 56.5 cm³/mol. The van der Waals surface area contributed by atoms with Gasteiger partial charge in [-0.1, -0.05) is 6.07 Å². The fraction of sp³-hybridized carbons (Fsp3) is 0.100. The van der Waals surface area contributed by atoms with Crippen LogP contribution in [0.15, 0.2) is 27.8 Å². The van der Waals surface area contributed by atoms with E-state index >= 15 is 0 Å². The van der Waals surface area contributed by atoms with Crippen molar-refractivity contribution in [3.8, 4) is 0 Å². The van der Waals surface area contributed by atoms with Crippen LogP contribution < -0.4 is 11.2 Å². The van der Waals surface area contributed by atoms with Crippen LogP contribution in [0.2, 0.25) is 0 Å². The average Bonchev–Trinajstić information content (AvgIpc) is 2.26. The molecule has 16 heavy (non-hydrogen) atoms. The number of methoxy groups -OCH3 is 1. The van der Waals surface area contributed by atoms with E-state index in [0.29, 0.717) is 5.52 Å². The predicted octanol–water partition coefficient (Wildman–Crippen LogP) is 0.00300. The van der Waals surface area contributed by atoms with Crippen LogP contribution in [0.5, 0.6) is 0 Å². The van der Waals surface area contributed by atoms with Crippen LogP contribution in [-0.2, 0) is 4.74 Å². The quantitative estimate of drug-likeness (QED) is 0.662. The normalized spacial score (nSPS) is 10.3. The molecule has 0 fully saturated rings. The maximum absolute atomic E-state index is 11.6. The Morgan fingerprint density at radius 3 is 2.69 bits per heavy atom. The lowest BCUT2D eigenvalue weighted by atomic mass is 10.1. The Bertz CT molecular complexity index is 668. The summed E-state index contributed by atoms with van der Waals surface area (Å²) >= 11 is 0. The Morgan fingerprint density at radius 1 is 1.25 bits per heavy atom. The Labute approximate surface area is 88.9 Å². The summed E-state index contributed by atoms with van der Waals surface area (Å²) in [5, 5.41) is 0.119. The molecule has 6 nitrogen and oxygen atoms in total. The number of carbonyl (C=O) groups is 1. The molecule has 0 bridgehead atoms. The molecular weight excluding hydrogens is 212 g/mol. The lowest BCUT2D eigenvalue weighted by Crippen LogP contribution is -2.23. The molecule has 2 rings (SSSR count). The number of H-pyrrole nitrogens is 2. The van der Waals surface area contributed by atoms with Crippen molar-refractivity contribution in [2.24, 2.45) is 0 Å². The van der Waals surface area contributed by atoms with Crippen molar-refractivity contribution in [3.63, 3.8) is 0 Å². The standard InChI is InChI=1S/C10H8N2O4/c1-16-9(14)5-3-2-4-6-7(5)8(13)12-10(15)11-6/h2-4H,1H3,(H2,11,12,13,15). The van der Waals surface area contributed by atoms with Gasteiger partial charge in [-0.2, -0.15) is 0 Å². The van der Waals surface area contributed by atoms with Gasteiger partial charge in [0, 0.05) is 0 Å². The topological polar surface area (TPSA) is 92.0 Å². The van der Waals surface area contributed by atoms with E-state index in [1.807, 2.05) is 0 Å². The molecule has 82 valence electrons. The van der Waals surface area contributed by atoms with E-state index in [1.165, 1.54) is 13.2 Å². The number of fused-ring (bicyclic) bond motifs is 1. The van der Waals surface area contributed by atoms with E-state index < -0.39 is 17.2 Å². The molecule has 2 aromatic rings. The fourth-order valence-electron chi connectivity index (χ4n) is 1.50. The molecule has 2 N–H and O–H groups in total. The van der Waals surface area contributed by atoms with Gasteiger partial charge < -0.3 is 9.72 Å². The minimum Gasteiger partial charge on any atom is -0.465 e. The van der Waals surface area contributed by atoms with Crippen molar-refractivity contribution in [3.05, 3.63) is 44.6 Å². The van der Waals surface area contributed by atoms with Crippen LogP contribution in [0.25, 0.3) is 10.9 Å². The molecule has 0 unspecified atom stereocenters. The van der Waals surface area contributed by atoms with Crippen LogP contribution in [0.1, 0.15) is 10.4 Å². The van der Waals surface area contributed by atoms with E-state index in [-0.39, 0.29) is 10.9 Å². The van der Waals surface area contributed by atoms with Crippen LogP contribution in [-0.4, -0.2) is 23.0 Å². The summed E-state index contributed by atoms with van der Waals surface area (Å²) in [6.45, 7) is 0. The Kier molecular flexibility index (Phi) is 2.32. The van der Waals surface area contributed by atoms with Gasteiger partial charge in [0.05, 0.1) is 23.6 Å². The van der Waals surface area contributed by atoms with Gasteiger partial charge in [0.2, 0.25) is 0 Å². The molecule has 0 radical (unpaired) electrons. The minimum atomic E-state index is -0.622. The van der Waals surface area contributed by atoms with Crippen LogP contribution in [0, 0.1) is 0 Å². The van der Waals surface area contributed by atoms with Crippen molar-refractivity contribution < 1.29 is 9.53 Å². The van der Waals surface area contributed by atoms with E-state index in [2.05, 4.69) is 14.7 Å². The Balaban J connectivity index is 2.93. The summed E-state index contributed by atoms with van der Waals surface area (Å²) in [7, 11) is 1.22. The zero-order valence-corrected chi connectivity index (χ0v) is 8.37. The first-order chi connectivity index (χ1) is 7.63. The van der Waals surface area contributed by atoms with Gasteiger partial charge in [-0.15, -0.1) is 0 Å². The first kappa shape index (κ1) is 10.2. The molecule has 1 aromatic heterocycles. The third-order valence-corrected chi connectivity index (χ3v) is 2.17. The minimum absolute atomic E-state index is 0.119. The summed E-state index contributed by atoms with van der Waals surface area (Å²) < 4.78 is 4.55. The summed E-state index contributed by atoms with van der Waals surface area (Å²) in [6.07, 6.45) is 0. The van der Waals surface area contributed by atoms with Crippen molar-refractivity contribution in [2.75, 3.05) is 7.11 Å². The number of ether oxygens (including phenoxy) is 1. The number of esters is 1. The van der Waals surface area contributed by atoms with E-state index in [9.17, 15) is 14.4 Å². The second kappa shape index (κ2) is 3.65. The number of carbonyl (C=O) groups excluding carboxylic acids is 1. The Hall–Kier alpha value is -2.37. The summed E-state index contributed by atoms with van der Waals surface area (Å²) in [6, 6.07) is 4.56. The molecule has 0 aliphatic carbocycles. The van der Waals surface area contributed by atoms with Gasteiger partial charge in [0.25, 0.3) is 5.56 Å². The van der Waals surface area contributed by atoms with Crippen molar-refractivity contribution >= 4 is 16.9 Å². The van der Waals surface area contributed by atoms with Crippen LogP contribution in [0.3, 0.4) is 0 Å². The summed E-state index contributed by atoms with van der Waals surface area (Å²) in [4.78, 5) is 38.5. The zero-order valence-electron chi connectivity index (χ0n) is 8.37. The first-order valence-corrected chi connectivity index (χ1v) is 4.47. The average molecular weight is 220 g/mol. The van der Waals surface area contributed by atoms with Gasteiger partial charge in [-0.3, -0.25) is 9.78 Å². The van der Waals surface area contributed by atoms with Crippen molar-refractivity contribution in [1.82, 2.24) is 9.97 Å². The fourth-order valence-corrected chi connectivity index (χ4v) is 1.50. The highest BCUT2D eigenvalue weighted by molar-refractivity contribution is 6.02. The smallest absolute Gasteiger partial charge is 0.338 e. The second-order valence-corrected chi connectivity index (χ2v) is 3.13. The molecule has 6 heteroatoms. The molecule has 1 aromatic carbocycles. The number of benzene rings is 1. The van der Waals surface area contributed by atoms with Gasteiger partial charge in [-0.25, -0.2) is 9.59 Å². The van der Waals surface area contributed by atoms with E-state index in [4.69, 9.17) is 0 Å². The molecule has 0 saturated heterocycles. The summed E-state index contributed by atoms with van der Waals surface area (Å²) in [5.74, 6) is -0.622. The molecule has 0 amide bonds. The number of hydrogen-bond acceptors (Lipinski definition) is 4. The van der Waals surface area contributed by atoms with Gasteiger partial charge in [0.15, 0.2) is 0 Å². The SMILES string of the molecule is COC(=O)c1cccc2[nH]c(=O)[nH]c(=O)c12. The van der Waals surface area contributed by atoms with E-state index in [0.717, 1.165) is 0 Å². The van der Waals surface area contributed by atoms with Crippen LogP contribution in [0.4, 0.5) is 0 Å². The monoisotopic (exact) mass is 220 g/mol. The van der Waals surface area contributed by atoms with Gasteiger partial charge >= 0.3 is 11.7 Å². The number of aromatic amines is 2. The van der Waals surface area contributed by atoms with Crippen LogP contribution >= 0.6 is 0 Å². The highest BCUT2D eigenvalue weighted by Gasteiger charge is 2.13. The third kappa shape index (κ3) is 1.50. The molecular formula is C10H8N2O4. The van der Waals surface area contributed by atoms with E-state index in [1.54, 1.807) is 12.1 Å². The van der Waals surface area contributed by atoms with Crippen molar-refractivity contribution in [2.45, 2.75) is 0 Å². The largest absolute Gasteiger partial charge is 0.465 e. The highest BCUT2D eigenvalue weighted by Crippen LogP contribution is 2.12. The number of aromatic nitrogens is 2. The van der Waals surface area contributed by atoms with Gasteiger partial charge in [0.1, 0.15) is 0 Å². The zero-order chi connectivity index (χ0) is 11.7. The third-order valence-electron chi connectivity index (χ3n) is 2.17. The molecule has 0 spiro atoms. The first-order valence-electron chi connectivity index (χ1n) is 4.47. The Morgan fingerprint density at radius 2 is 2.00 bits per heavy atom. The molecule has 0 aliphatic heterocycles.